The molecule has 0 spiro atoms. The molecule has 0 aliphatic carbocycles. The van der Waals surface area contributed by atoms with E-state index in [1.807, 2.05) is 0 Å². The monoisotopic (exact) mass is 220 g/mol. The lowest BCUT2D eigenvalue weighted by molar-refractivity contribution is 0.296. The van der Waals surface area contributed by atoms with Crippen molar-refractivity contribution in [3.8, 4) is 0 Å². The van der Waals surface area contributed by atoms with E-state index in [0.717, 1.165) is 26.2 Å². The Morgan fingerprint density at radius 3 is 2.12 bits per heavy atom. The second-order valence-corrected chi connectivity index (χ2v) is 4.09. The van der Waals surface area contributed by atoms with Gasteiger partial charge in [0.15, 0.2) is 0 Å². The Labute approximate surface area is 99.7 Å². The first-order valence-electron chi connectivity index (χ1n) is 6.35. The van der Waals surface area contributed by atoms with Crippen LogP contribution in [0.25, 0.3) is 0 Å². The molecule has 0 unspecified atom stereocenters. The first-order chi connectivity index (χ1) is 7.80. The Morgan fingerprint density at radius 1 is 1.00 bits per heavy atom. The van der Waals surface area contributed by atoms with Gasteiger partial charge in [0.25, 0.3) is 0 Å². The molecule has 0 atom stereocenters. The molecule has 90 valence electrons. The van der Waals surface area contributed by atoms with Gasteiger partial charge in [-0.05, 0) is 37.2 Å². The van der Waals surface area contributed by atoms with E-state index in [-0.39, 0.29) is 0 Å². The molecule has 0 aromatic heterocycles. The second-order valence-electron chi connectivity index (χ2n) is 4.09. The molecule has 0 saturated carbocycles. The van der Waals surface area contributed by atoms with Crippen molar-refractivity contribution in [2.24, 2.45) is 0 Å². The van der Waals surface area contributed by atoms with Gasteiger partial charge >= 0.3 is 0 Å². The lowest BCUT2D eigenvalue weighted by Crippen LogP contribution is -2.22. The van der Waals surface area contributed by atoms with Crippen LogP contribution in [-0.2, 0) is 6.54 Å². The minimum Gasteiger partial charge on any atom is -0.385 e. The largest absolute Gasteiger partial charge is 0.385 e. The van der Waals surface area contributed by atoms with Crippen LogP contribution in [0.3, 0.4) is 0 Å². The number of nitrogens with zero attached hydrogens (tertiary/aromatic N) is 1. The fraction of sp³-hybridized carbons (Fsp3) is 0.571. The standard InChI is InChI=1S/C14H24N2/c1-4-11-15-14-9-7-13(8-10-14)12-16(5-2)6-3/h7-10,15H,4-6,11-12H2,1-3H3. The molecule has 0 aliphatic heterocycles. The zero-order valence-corrected chi connectivity index (χ0v) is 10.8. The third kappa shape index (κ3) is 4.23. The van der Waals surface area contributed by atoms with Gasteiger partial charge in [0.05, 0.1) is 0 Å². The number of hydrogen-bond acceptors (Lipinski definition) is 2. The van der Waals surface area contributed by atoms with Crippen LogP contribution in [0, 0.1) is 0 Å². The van der Waals surface area contributed by atoms with Crippen LogP contribution in [0.5, 0.6) is 0 Å². The Kier molecular flexibility index (Phi) is 5.94. The summed E-state index contributed by atoms with van der Waals surface area (Å²) in [7, 11) is 0. The van der Waals surface area contributed by atoms with Crippen molar-refractivity contribution in [3.63, 3.8) is 0 Å². The van der Waals surface area contributed by atoms with Crippen molar-refractivity contribution in [1.82, 2.24) is 4.90 Å². The average Bonchev–Trinajstić information content (AvgIpc) is 2.35. The summed E-state index contributed by atoms with van der Waals surface area (Å²) in [5.74, 6) is 0. The van der Waals surface area contributed by atoms with Gasteiger partial charge in [-0.15, -0.1) is 0 Å². The van der Waals surface area contributed by atoms with Gasteiger partial charge in [-0.1, -0.05) is 32.9 Å². The average molecular weight is 220 g/mol. The summed E-state index contributed by atoms with van der Waals surface area (Å²) in [5, 5.41) is 3.39. The quantitative estimate of drug-likeness (QED) is 0.758. The first kappa shape index (κ1) is 13.0. The van der Waals surface area contributed by atoms with Crippen molar-refractivity contribution in [2.45, 2.75) is 33.7 Å². The SMILES string of the molecule is CCCNc1ccc(CN(CC)CC)cc1. The third-order valence-corrected chi connectivity index (χ3v) is 2.83. The predicted molar refractivity (Wildman–Crippen MR) is 71.8 cm³/mol. The fourth-order valence-corrected chi connectivity index (χ4v) is 1.70. The molecule has 0 aliphatic rings. The van der Waals surface area contributed by atoms with Crippen LogP contribution < -0.4 is 5.32 Å². The number of nitrogens with one attached hydrogen (secondary N) is 1. The van der Waals surface area contributed by atoms with E-state index in [0.29, 0.717) is 0 Å². The summed E-state index contributed by atoms with van der Waals surface area (Å²) in [6.45, 7) is 10.9. The van der Waals surface area contributed by atoms with E-state index in [1.165, 1.54) is 17.7 Å². The smallest absolute Gasteiger partial charge is 0.0340 e. The Morgan fingerprint density at radius 2 is 1.62 bits per heavy atom. The number of benzene rings is 1. The molecular formula is C14H24N2. The van der Waals surface area contributed by atoms with Gasteiger partial charge in [-0.25, -0.2) is 0 Å². The lowest BCUT2D eigenvalue weighted by Gasteiger charge is -2.18. The van der Waals surface area contributed by atoms with Gasteiger partial charge in [0, 0.05) is 18.8 Å². The van der Waals surface area contributed by atoms with Crippen LogP contribution in [0.1, 0.15) is 32.8 Å². The minimum atomic E-state index is 1.05. The van der Waals surface area contributed by atoms with Crippen molar-refractivity contribution in [1.29, 1.82) is 0 Å². The predicted octanol–water partition coefficient (Wildman–Crippen LogP) is 3.35. The highest BCUT2D eigenvalue weighted by Gasteiger charge is 2.00. The molecule has 1 aromatic carbocycles. The lowest BCUT2D eigenvalue weighted by atomic mass is 10.2. The maximum Gasteiger partial charge on any atom is 0.0340 e. The Hall–Kier alpha value is -1.02. The summed E-state index contributed by atoms with van der Waals surface area (Å²) < 4.78 is 0. The molecule has 0 radical (unpaired) electrons. The van der Waals surface area contributed by atoms with E-state index in [9.17, 15) is 0 Å². The van der Waals surface area contributed by atoms with Crippen molar-refractivity contribution < 1.29 is 0 Å². The van der Waals surface area contributed by atoms with Crippen LogP contribution in [0.4, 0.5) is 5.69 Å². The molecule has 2 nitrogen and oxygen atoms in total. The highest BCUT2D eigenvalue weighted by atomic mass is 15.1. The van der Waals surface area contributed by atoms with Gasteiger partial charge in [0.2, 0.25) is 0 Å². The molecule has 1 aromatic rings. The van der Waals surface area contributed by atoms with Gasteiger partial charge < -0.3 is 5.32 Å². The topological polar surface area (TPSA) is 15.3 Å². The first-order valence-corrected chi connectivity index (χ1v) is 6.35. The maximum atomic E-state index is 3.39. The van der Waals surface area contributed by atoms with Crippen LogP contribution in [0.2, 0.25) is 0 Å². The van der Waals surface area contributed by atoms with E-state index in [2.05, 4.69) is 55.3 Å². The molecule has 0 amide bonds. The molecule has 0 heterocycles. The van der Waals surface area contributed by atoms with Crippen LogP contribution in [-0.4, -0.2) is 24.5 Å². The molecule has 0 fully saturated rings. The Bertz CT molecular complexity index is 275. The second kappa shape index (κ2) is 7.29. The van der Waals surface area contributed by atoms with Gasteiger partial charge in [0.1, 0.15) is 0 Å². The number of anilines is 1. The summed E-state index contributed by atoms with van der Waals surface area (Å²) >= 11 is 0. The summed E-state index contributed by atoms with van der Waals surface area (Å²) in [5.41, 5.74) is 2.62. The Balaban J connectivity index is 2.50. The molecule has 1 N–H and O–H groups in total. The summed E-state index contributed by atoms with van der Waals surface area (Å²) in [4.78, 5) is 2.43. The van der Waals surface area contributed by atoms with Crippen LogP contribution in [0.15, 0.2) is 24.3 Å². The molecule has 2 heteroatoms. The van der Waals surface area contributed by atoms with Gasteiger partial charge in [-0.2, -0.15) is 0 Å². The minimum absolute atomic E-state index is 1.05. The maximum absolute atomic E-state index is 3.39. The zero-order chi connectivity index (χ0) is 11.8. The van der Waals surface area contributed by atoms with Crippen molar-refractivity contribution in [3.05, 3.63) is 29.8 Å². The normalized spacial score (nSPS) is 10.8. The molecule has 0 saturated heterocycles. The van der Waals surface area contributed by atoms with Crippen molar-refractivity contribution in [2.75, 3.05) is 25.0 Å². The molecular weight excluding hydrogens is 196 g/mol. The van der Waals surface area contributed by atoms with E-state index in [1.54, 1.807) is 0 Å². The molecule has 16 heavy (non-hydrogen) atoms. The highest BCUT2D eigenvalue weighted by molar-refractivity contribution is 5.44. The third-order valence-electron chi connectivity index (χ3n) is 2.83. The number of hydrogen-bond donors (Lipinski definition) is 1. The van der Waals surface area contributed by atoms with Gasteiger partial charge in [-0.3, -0.25) is 4.90 Å². The fourth-order valence-electron chi connectivity index (χ4n) is 1.70. The van der Waals surface area contributed by atoms with E-state index >= 15 is 0 Å². The molecule has 0 bridgehead atoms. The summed E-state index contributed by atoms with van der Waals surface area (Å²) in [6, 6.07) is 8.79. The van der Waals surface area contributed by atoms with E-state index in [4.69, 9.17) is 0 Å². The number of rotatable bonds is 7. The highest BCUT2D eigenvalue weighted by Crippen LogP contribution is 2.11. The van der Waals surface area contributed by atoms with E-state index < -0.39 is 0 Å². The van der Waals surface area contributed by atoms with Crippen LogP contribution >= 0.6 is 0 Å². The summed E-state index contributed by atoms with van der Waals surface area (Å²) in [6.07, 6.45) is 1.17. The molecule has 1 rings (SSSR count). The van der Waals surface area contributed by atoms with Crippen molar-refractivity contribution >= 4 is 5.69 Å². The zero-order valence-electron chi connectivity index (χ0n) is 10.8.